The van der Waals surface area contributed by atoms with Crippen molar-refractivity contribution in [1.29, 1.82) is 0 Å². The Balaban J connectivity index is 0.000000755. The summed E-state index contributed by atoms with van der Waals surface area (Å²) in [5.74, 6) is 0.151. The highest BCUT2D eigenvalue weighted by atomic mass is 16.5. The zero-order valence-corrected chi connectivity index (χ0v) is 16.8. The monoisotopic (exact) mass is 407 g/mol. The number of aromatic nitrogens is 2. The molecule has 160 valence electrons. The lowest BCUT2D eigenvalue weighted by Gasteiger charge is -2.25. The van der Waals surface area contributed by atoms with Crippen LogP contribution in [0.2, 0.25) is 0 Å². The van der Waals surface area contributed by atoms with Crippen molar-refractivity contribution < 1.29 is 24.2 Å². The third-order valence-corrected chi connectivity index (χ3v) is 5.70. The number of likely N-dealkylation sites (N-methyl/N-ethyl adjacent to an activating group) is 1. The van der Waals surface area contributed by atoms with Crippen molar-refractivity contribution in [2.24, 2.45) is 5.92 Å². The summed E-state index contributed by atoms with van der Waals surface area (Å²) >= 11 is 0. The number of nitrogens with one attached hydrogen (secondary N) is 1. The predicted molar refractivity (Wildman–Crippen MR) is 103 cm³/mol. The van der Waals surface area contributed by atoms with E-state index in [1.54, 1.807) is 0 Å². The molecule has 0 aromatic carbocycles. The summed E-state index contributed by atoms with van der Waals surface area (Å²) in [7, 11) is 2.06. The third-order valence-electron chi connectivity index (χ3n) is 5.70. The summed E-state index contributed by atoms with van der Waals surface area (Å²) in [5.41, 5.74) is 2.67. The van der Waals surface area contributed by atoms with Crippen LogP contribution in [0.25, 0.3) is 0 Å². The number of ether oxygens (including phenoxy) is 1. The van der Waals surface area contributed by atoms with Crippen molar-refractivity contribution in [3.05, 3.63) is 17.0 Å². The lowest BCUT2D eigenvalue weighted by Crippen LogP contribution is -2.40. The molecule has 3 aliphatic heterocycles. The first-order valence-electron chi connectivity index (χ1n) is 10.0. The maximum absolute atomic E-state index is 13.0. The van der Waals surface area contributed by atoms with Gasteiger partial charge in [0.05, 0.1) is 12.5 Å². The Hall–Kier alpha value is -2.46. The Morgan fingerprint density at radius 3 is 2.66 bits per heavy atom. The topological polar surface area (TPSA) is 119 Å². The number of hydrogen-bond donors (Lipinski definition) is 2. The molecule has 1 aromatic rings. The van der Waals surface area contributed by atoms with Gasteiger partial charge in [0.2, 0.25) is 5.91 Å². The van der Waals surface area contributed by atoms with Crippen LogP contribution < -0.4 is 0 Å². The second kappa shape index (κ2) is 9.84. The fourth-order valence-electron chi connectivity index (χ4n) is 4.09. The molecule has 0 aliphatic carbocycles. The number of carbonyl (C=O) groups excluding carboxylic acids is 2. The lowest BCUT2D eigenvalue weighted by atomic mass is 10.1. The van der Waals surface area contributed by atoms with Crippen LogP contribution in [0.15, 0.2) is 0 Å². The summed E-state index contributed by atoms with van der Waals surface area (Å²) in [4.78, 5) is 40.0. The molecule has 1 unspecified atom stereocenters. The van der Waals surface area contributed by atoms with Crippen molar-refractivity contribution in [2.75, 3.05) is 53.0 Å². The van der Waals surface area contributed by atoms with Crippen LogP contribution >= 0.6 is 0 Å². The van der Waals surface area contributed by atoms with Gasteiger partial charge in [-0.2, -0.15) is 5.10 Å². The van der Waals surface area contributed by atoms with E-state index in [9.17, 15) is 9.59 Å². The van der Waals surface area contributed by atoms with Crippen molar-refractivity contribution >= 4 is 18.3 Å². The van der Waals surface area contributed by atoms with E-state index in [0.29, 0.717) is 45.1 Å². The first-order valence-corrected chi connectivity index (χ1v) is 10.0. The zero-order valence-electron chi connectivity index (χ0n) is 16.8. The lowest BCUT2D eigenvalue weighted by molar-refractivity contribution is -0.135. The largest absolute Gasteiger partial charge is 0.483 e. The molecule has 4 rings (SSSR count). The van der Waals surface area contributed by atoms with Crippen LogP contribution in [0, 0.1) is 5.92 Å². The molecule has 4 heterocycles. The first-order chi connectivity index (χ1) is 14.0. The van der Waals surface area contributed by atoms with E-state index in [4.69, 9.17) is 14.6 Å². The maximum atomic E-state index is 13.0. The molecule has 1 aromatic heterocycles. The van der Waals surface area contributed by atoms with Crippen LogP contribution in [0.1, 0.15) is 34.6 Å². The first kappa shape index (κ1) is 21.3. The Kier molecular flexibility index (Phi) is 7.21. The van der Waals surface area contributed by atoms with Gasteiger partial charge in [0.15, 0.2) is 5.69 Å². The highest BCUT2D eigenvalue weighted by Crippen LogP contribution is 2.22. The molecular weight excluding hydrogens is 378 g/mol. The normalized spacial score (nSPS) is 22.3. The summed E-state index contributed by atoms with van der Waals surface area (Å²) in [6, 6.07) is 0. The predicted octanol–water partition coefficient (Wildman–Crippen LogP) is -0.191. The smallest absolute Gasteiger partial charge is 0.290 e. The van der Waals surface area contributed by atoms with Gasteiger partial charge < -0.3 is 24.5 Å². The number of amides is 2. The van der Waals surface area contributed by atoms with Gasteiger partial charge in [-0.25, -0.2) is 0 Å². The summed E-state index contributed by atoms with van der Waals surface area (Å²) in [6.45, 7) is 5.23. The minimum atomic E-state index is -0.250. The standard InChI is InChI=1S/C18H27N5O3.CH2O2/c1-21-7-3-15-14(11-21)16(20-19-15)18(25)23-6-2-5-22(8-9-23)17(24)13-4-10-26-12-13;2-1-3/h13H,2-12H2,1H3,(H,19,20);1H,(H,2,3). The Bertz CT molecular complexity index is 731. The molecule has 10 heteroatoms. The molecule has 0 spiro atoms. The van der Waals surface area contributed by atoms with Gasteiger partial charge in [0.1, 0.15) is 0 Å². The molecule has 2 fully saturated rings. The number of fused-ring (bicyclic) bond motifs is 1. The van der Waals surface area contributed by atoms with E-state index >= 15 is 0 Å². The number of hydrogen-bond acceptors (Lipinski definition) is 6. The number of carbonyl (C=O) groups is 3. The van der Waals surface area contributed by atoms with E-state index < -0.39 is 0 Å². The minimum absolute atomic E-state index is 0.00820. The molecule has 1 atom stereocenters. The van der Waals surface area contributed by atoms with Gasteiger partial charge in [-0.3, -0.25) is 19.5 Å². The van der Waals surface area contributed by atoms with Gasteiger partial charge in [0, 0.05) is 63.6 Å². The molecule has 3 aliphatic rings. The second-order valence-electron chi connectivity index (χ2n) is 7.65. The number of nitrogens with zero attached hydrogens (tertiary/aromatic N) is 4. The number of H-pyrrole nitrogens is 1. The fourth-order valence-corrected chi connectivity index (χ4v) is 4.09. The Labute approximate surface area is 169 Å². The van der Waals surface area contributed by atoms with Gasteiger partial charge in [-0.1, -0.05) is 0 Å². The summed E-state index contributed by atoms with van der Waals surface area (Å²) < 4.78 is 5.34. The SMILES string of the molecule is CN1CCc2[nH]nc(C(=O)N3CCCN(C(=O)C4CCOC4)CC3)c2C1.O=CO. The van der Waals surface area contributed by atoms with E-state index in [0.717, 1.165) is 43.6 Å². The van der Waals surface area contributed by atoms with Gasteiger partial charge in [0.25, 0.3) is 12.4 Å². The Morgan fingerprint density at radius 2 is 1.93 bits per heavy atom. The van der Waals surface area contributed by atoms with Crippen LogP contribution in [0.5, 0.6) is 0 Å². The van der Waals surface area contributed by atoms with Crippen molar-refractivity contribution in [2.45, 2.75) is 25.8 Å². The zero-order chi connectivity index (χ0) is 20.8. The fraction of sp³-hybridized carbons (Fsp3) is 0.684. The number of aromatic amines is 1. The van der Waals surface area contributed by atoms with Crippen LogP contribution in [-0.2, 0) is 27.3 Å². The van der Waals surface area contributed by atoms with Crippen molar-refractivity contribution in [3.63, 3.8) is 0 Å². The van der Waals surface area contributed by atoms with Crippen LogP contribution in [0.3, 0.4) is 0 Å². The second-order valence-corrected chi connectivity index (χ2v) is 7.65. The molecule has 2 amide bonds. The van der Waals surface area contributed by atoms with Crippen LogP contribution in [-0.4, -0.2) is 101 Å². The van der Waals surface area contributed by atoms with E-state index in [1.165, 1.54) is 0 Å². The molecule has 0 saturated carbocycles. The Morgan fingerprint density at radius 1 is 1.21 bits per heavy atom. The molecule has 0 radical (unpaired) electrons. The van der Waals surface area contributed by atoms with Crippen LogP contribution in [0.4, 0.5) is 0 Å². The van der Waals surface area contributed by atoms with E-state index in [2.05, 4.69) is 22.1 Å². The number of carboxylic acid groups (broad SMARTS) is 1. The van der Waals surface area contributed by atoms with Gasteiger partial charge in [-0.05, 0) is 19.9 Å². The highest BCUT2D eigenvalue weighted by Gasteiger charge is 2.32. The molecule has 2 N–H and O–H groups in total. The summed E-state index contributed by atoms with van der Waals surface area (Å²) in [6.07, 6.45) is 2.51. The molecule has 0 bridgehead atoms. The van der Waals surface area contributed by atoms with Crippen molar-refractivity contribution in [1.82, 2.24) is 24.9 Å². The van der Waals surface area contributed by atoms with E-state index in [1.807, 2.05) is 9.80 Å². The minimum Gasteiger partial charge on any atom is -0.483 e. The van der Waals surface area contributed by atoms with E-state index in [-0.39, 0.29) is 24.2 Å². The molecule has 2 saturated heterocycles. The quantitative estimate of drug-likeness (QED) is 0.652. The highest BCUT2D eigenvalue weighted by molar-refractivity contribution is 5.94. The average molecular weight is 407 g/mol. The van der Waals surface area contributed by atoms with Gasteiger partial charge in [-0.15, -0.1) is 0 Å². The van der Waals surface area contributed by atoms with Crippen molar-refractivity contribution in [3.8, 4) is 0 Å². The maximum Gasteiger partial charge on any atom is 0.290 e. The molecular formula is C19H29N5O5. The third kappa shape index (κ3) is 4.94. The summed E-state index contributed by atoms with van der Waals surface area (Å²) in [5, 5.41) is 14.2. The molecule has 29 heavy (non-hydrogen) atoms. The average Bonchev–Trinajstić information content (AvgIpc) is 3.32. The number of rotatable bonds is 2. The van der Waals surface area contributed by atoms with Gasteiger partial charge >= 0.3 is 0 Å². The molecule has 10 nitrogen and oxygen atoms in total.